The van der Waals surface area contributed by atoms with Crippen LogP contribution in [0.5, 0.6) is 0 Å². The third-order valence-corrected chi connectivity index (χ3v) is 5.00. The van der Waals surface area contributed by atoms with Gasteiger partial charge in [0.15, 0.2) is 5.78 Å². The van der Waals surface area contributed by atoms with Gasteiger partial charge in [0.1, 0.15) is 5.82 Å². The molecule has 3 heteroatoms. The van der Waals surface area contributed by atoms with Crippen LogP contribution in [0.15, 0.2) is 18.2 Å². The van der Waals surface area contributed by atoms with E-state index < -0.39 is 0 Å². The lowest BCUT2D eigenvalue weighted by atomic mass is 9.72. The van der Waals surface area contributed by atoms with E-state index in [1.54, 1.807) is 6.07 Å². The van der Waals surface area contributed by atoms with Crippen molar-refractivity contribution in [1.29, 1.82) is 0 Å². The van der Waals surface area contributed by atoms with E-state index in [9.17, 15) is 9.18 Å². The van der Waals surface area contributed by atoms with Crippen molar-refractivity contribution in [3.05, 3.63) is 35.1 Å². The van der Waals surface area contributed by atoms with E-state index in [0.717, 1.165) is 30.4 Å². The maximum absolute atomic E-state index is 13.2. The van der Waals surface area contributed by atoms with Crippen molar-refractivity contribution in [3.8, 4) is 0 Å². The van der Waals surface area contributed by atoms with Gasteiger partial charge in [0, 0.05) is 6.42 Å². The van der Waals surface area contributed by atoms with Gasteiger partial charge in [0.2, 0.25) is 0 Å². The smallest absolute Gasteiger partial charge is 0.157 e. The Balaban J connectivity index is 2.23. The summed E-state index contributed by atoms with van der Waals surface area (Å²) in [4.78, 5) is 15.1. The van der Waals surface area contributed by atoms with E-state index in [2.05, 4.69) is 11.8 Å². The summed E-state index contributed by atoms with van der Waals surface area (Å²) < 4.78 is 13.2. The highest BCUT2D eigenvalue weighted by molar-refractivity contribution is 5.90. The number of halogens is 1. The van der Waals surface area contributed by atoms with Gasteiger partial charge in [-0.05, 0) is 63.0 Å². The number of aryl methyl sites for hydroxylation is 1. The molecule has 1 saturated carbocycles. The molecule has 2 nitrogen and oxygen atoms in total. The number of carbonyl (C=O) groups is 1. The van der Waals surface area contributed by atoms with Gasteiger partial charge in [0.05, 0.1) is 5.54 Å². The molecule has 1 aliphatic carbocycles. The minimum Gasteiger partial charge on any atom is -0.297 e. The van der Waals surface area contributed by atoms with E-state index in [1.807, 2.05) is 21.0 Å². The third kappa shape index (κ3) is 3.34. The maximum Gasteiger partial charge on any atom is 0.157 e. The Morgan fingerprint density at radius 1 is 1.43 bits per heavy atom. The molecule has 0 radical (unpaired) electrons. The zero-order valence-corrected chi connectivity index (χ0v) is 13.6. The van der Waals surface area contributed by atoms with Crippen LogP contribution >= 0.6 is 0 Å². The molecule has 0 aliphatic heterocycles. The second-order valence-corrected chi connectivity index (χ2v) is 6.80. The van der Waals surface area contributed by atoms with Crippen molar-refractivity contribution in [1.82, 2.24) is 4.90 Å². The SMILES string of the molecule is Cc1cc(F)ccc1CC(=O)C1(N(C)C)CCCC(C)C1. The molecule has 2 atom stereocenters. The number of rotatable bonds is 4. The molecule has 1 fully saturated rings. The standard InChI is InChI=1S/C18H26FNO/c1-13-6-5-9-18(12-13,20(3)4)17(21)11-15-7-8-16(19)10-14(15)2/h7-8,10,13H,5-6,9,11-12H2,1-4H3. The van der Waals surface area contributed by atoms with Crippen molar-refractivity contribution in [2.45, 2.75) is 51.5 Å². The largest absolute Gasteiger partial charge is 0.297 e. The molecule has 0 N–H and O–H groups in total. The first-order valence-electron chi connectivity index (χ1n) is 7.81. The van der Waals surface area contributed by atoms with Crippen molar-refractivity contribution < 1.29 is 9.18 Å². The van der Waals surface area contributed by atoms with Gasteiger partial charge in [-0.2, -0.15) is 0 Å². The van der Waals surface area contributed by atoms with Crippen LogP contribution in [0.4, 0.5) is 4.39 Å². The fourth-order valence-corrected chi connectivity index (χ4v) is 3.63. The molecule has 0 heterocycles. The molecule has 1 aliphatic rings. The average Bonchev–Trinajstić information content (AvgIpc) is 2.41. The summed E-state index contributed by atoms with van der Waals surface area (Å²) in [7, 11) is 4.01. The van der Waals surface area contributed by atoms with Gasteiger partial charge in [-0.1, -0.05) is 25.8 Å². The molecule has 1 aromatic rings. The molecule has 116 valence electrons. The van der Waals surface area contributed by atoms with Crippen LogP contribution in [0, 0.1) is 18.7 Å². The highest BCUT2D eigenvalue weighted by Crippen LogP contribution is 2.37. The van der Waals surface area contributed by atoms with Crippen molar-refractivity contribution in [3.63, 3.8) is 0 Å². The Bertz CT molecular complexity index is 526. The molecule has 1 aromatic carbocycles. The zero-order chi connectivity index (χ0) is 15.6. The maximum atomic E-state index is 13.2. The monoisotopic (exact) mass is 291 g/mol. The normalized spacial score (nSPS) is 26.1. The van der Waals surface area contributed by atoms with Gasteiger partial charge >= 0.3 is 0 Å². The van der Waals surface area contributed by atoms with Gasteiger partial charge in [0.25, 0.3) is 0 Å². The Kier molecular flexibility index (Phi) is 4.82. The van der Waals surface area contributed by atoms with Crippen molar-refractivity contribution in [2.75, 3.05) is 14.1 Å². The number of hydrogen-bond donors (Lipinski definition) is 0. The first-order valence-corrected chi connectivity index (χ1v) is 7.81. The molecule has 0 saturated heterocycles. The number of benzene rings is 1. The number of likely N-dealkylation sites (N-methyl/N-ethyl adjacent to an activating group) is 1. The Morgan fingerprint density at radius 2 is 2.14 bits per heavy atom. The molecule has 0 amide bonds. The third-order valence-electron chi connectivity index (χ3n) is 5.00. The van der Waals surface area contributed by atoms with Gasteiger partial charge in [-0.15, -0.1) is 0 Å². The predicted molar refractivity (Wildman–Crippen MR) is 83.9 cm³/mol. The van der Waals surface area contributed by atoms with Crippen molar-refractivity contribution >= 4 is 5.78 Å². The summed E-state index contributed by atoms with van der Waals surface area (Å²) in [5.41, 5.74) is 1.46. The Hall–Kier alpha value is -1.22. The van der Waals surface area contributed by atoms with Crippen LogP contribution < -0.4 is 0 Å². The molecule has 0 spiro atoms. The molecular formula is C18H26FNO. The van der Waals surface area contributed by atoms with Crippen LogP contribution in [0.3, 0.4) is 0 Å². The minimum atomic E-state index is -0.349. The summed E-state index contributed by atoms with van der Waals surface area (Å²) in [5, 5.41) is 0. The van der Waals surface area contributed by atoms with E-state index in [0.29, 0.717) is 12.3 Å². The van der Waals surface area contributed by atoms with Gasteiger partial charge in [-0.3, -0.25) is 9.69 Å². The summed E-state index contributed by atoms with van der Waals surface area (Å²) >= 11 is 0. The number of ketones is 1. The molecule has 21 heavy (non-hydrogen) atoms. The first kappa shape index (κ1) is 16.2. The lowest BCUT2D eigenvalue weighted by Crippen LogP contribution is -2.54. The molecule has 2 rings (SSSR count). The number of nitrogens with zero attached hydrogens (tertiary/aromatic N) is 1. The van der Waals surface area contributed by atoms with E-state index in [-0.39, 0.29) is 17.1 Å². The lowest BCUT2D eigenvalue weighted by molar-refractivity contribution is -0.132. The second kappa shape index (κ2) is 6.27. The fraction of sp³-hybridized carbons (Fsp3) is 0.611. The predicted octanol–water partition coefficient (Wildman–Crippen LogP) is 3.76. The highest BCUT2D eigenvalue weighted by Gasteiger charge is 2.42. The second-order valence-electron chi connectivity index (χ2n) is 6.80. The minimum absolute atomic E-state index is 0.239. The quantitative estimate of drug-likeness (QED) is 0.842. The van der Waals surface area contributed by atoms with Gasteiger partial charge in [-0.25, -0.2) is 4.39 Å². The molecule has 0 aromatic heterocycles. The van der Waals surface area contributed by atoms with E-state index >= 15 is 0 Å². The molecule has 2 unspecified atom stereocenters. The van der Waals surface area contributed by atoms with Crippen molar-refractivity contribution in [2.24, 2.45) is 5.92 Å². The van der Waals surface area contributed by atoms with E-state index in [4.69, 9.17) is 0 Å². The summed E-state index contributed by atoms with van der Waals surface area (Å²) in [5.74, 6) is 0.616. The highest BCUT2D eigenvalue weighted by atomic mass is 19.1. The fourth-order valence-electron chi connectivity index (χ4n) is 3.63. The summed E-state index contributed by atoms with van der Waals surface area (Å²) in [6.45, 7) is 4.10. The van der Waals surface area contributed by atoms with Crippen LogP contribution in [0.1, 0.15) is 43.7 Å². The topological polar surface area (TPSA) is 20.3 Å². The lowest BCUT2D eigenvalue weighted by Gasteiger charge is -2.44. The Labute approximate surface area is 127 Å². The molecular weight excluding hydrogens is 265 g/mol. The van der Waals surface area contributed by atoms with Crippen LogP contribution in [0.25, 0.3) is 0 Å². The zero-order valence-electron chi connectivity index (χ0n) is 13.6. The van der Waals surface area contributed by atoms with Crippen LogP contribution in [-0.4, -0.2) is 30.3 Å². The number of Topliss-reactive ketones (excluding diaryl/α,β-unsaturated/α-hetero) is 1. The average molecular weight is 291 g/mol. The summed E-state index contributed by atoms with van der Waals surface area (Å²) in [6, 6.07) is 4.70. The van der Waals surface area contributed by atoms with Crippen LogP contribution in [-0.2, 0) is 11.2 Å². The molecule has 0 bridgehead atoms. The number of carbonyl (C=O) groups excluding carboxylic acids is 1. The van der Waals surface area contributed by atoms with Gasteiger partial charge < -0.3 is 0 Å². The first-order chi connectivity index (χ1) is 9.85. The van der Waals surface area contributed by atoms with Crippen LogP contribution in [0.2, 0.25) is 0 Å². The number of hydrogen-bond acceptors (Lipinski definition) is 2. The Morgan fingerprint density at radius 3 is 2.71 bits per heavy atom. The summed E-state index contributed by atoms with van der Waals surface area (Å²) in [6.07, 6.45) is 4.57. The van der Waals surface area contributed by atoms with E-state index in [1.165, 1.54) is 18.6 Å².